The Labute approximate surface area is 136 Å². The topological polar surface area (TPSA) is 12.0 Å². The molecule has 1 nitrogen and oxygen atoms in total. The molecule has 0 fully saturated rings. The summed E-state index contributed by atoms with van der Waals surface area (Å²) in [6.07, 6.45) is 1.00. The van der Waals surface area contributed by atoms with E-state index in [1.54, 1.807) is 25.2 Å². The molecule has 0 saturated carbocycles. The smallest absolute Gasteiger partial charge is 0.137 e. The number of benzene rings is 2. The molecule has 0 saturated heterocycles. The second-order valence-corrected chi connectivity index (χ2v) is 6.01. The number of hydrogen-bond donors (Lipinski definition) is 1. The van der Waals surface area contributed by atoms with E-state index >= 15 is 0 Å². The zero-order valence-corrected chi connectivity index (χ0v) is 13.8. The van der Waals surface area contributed by atoms with Crippen molar-refractivity contribution in [1.29, 1.82) is 0 Å². The first-order chi connectivity index (χ1) is 10.0. The van der Waals surface area contributed by atoms with E-state index in [2.05, 4.69) is 21.2 Å². The summed E-state index contributed by atoms with van der Waals surface area (Å²) in [5.74, 6) is -0.618. The van der Waals surface area contributed by atoms with Gasteiger partial charge in [0, 0.05) is 16.6 Å². The minimum Gasteiger partial charge on any atom is -0.316 e. The zero-order chi connectivity index (χ0) is 15.4. The van der Waals surface area contributed by atoms with Crippen LogP contribution in [0.15, 0.2) is 40.9 Å². The van der Waals surface area contributed by atoms with Crippen molar-refractivity contribution in [3.8, 4) is 0 Å². The molecule has 0 aliphatic heterocycles. The fraction of sp³-hybridized carbons (Fsp3) is 0.250. The van der Waals surface area contributed by atoms with Gasteiger partial charge in [0.05, 0.1) is 4.47 Å². The van der Waals surface area contributed by atoms with Gasteiger partial charge in [0.2, 0.25) is 0 Å². The van der Waals surface area contributed by atoms with Crippen molar-refractivity contribution in [3.63, 3.8) is 0 Å². The third-order valence-electron chi connectivity index (χ3n) is 3.42. The lowest BCUT2D eigenvalue weighted by Crippen LogP contribution is -2.30. The Morgan fingerprint density at radius 1 is 1.10 bits per heavy atom. The fourth-order valence-corrected chi connectivity index (χ4v) is 2.89. The second-order valence-electron chi connectivity index (χ2n) is 4.81. The number of halogens is 4. The van der Waals surface area contributed by atoms with E-state index < -0.39 is 0 Å². The van der Waals surface area contributed by atoms with E-state index in [-0.39, 0.29) is 17.7 Å². The highest BCUT2D eigenvalue weighted by molar-refractivity contribution is 9.10. The Hall–Kier alpha value is -0.970. The first kappa shape index (κ1) is 16.4. The lowest BCUT2D eigenvalue weighted by molar-refractivity contribution is 0.529. The van der Waals surface area contributed by atoms with Gasteiger partial charge in [-0.3, -0.25) is 0 Å². The monoisotopic (exact) mass is 373 g/mol. The summed E-state index contributed by atoms with van der Waals surface area (Å²) in [6.45, 7) is 0. The van der Waals surface area contributed by atoms with Gasteiger partial charge in [-0.1, -0.05) is 29.8 Å². The van der Waals surface area contributed by atoms with Crippen molar-refractivity contribution in [2.24, 2.45) is 0 Å². The summed E-state index contributed by atoms with van der Waals surface area (Å²) < 4.78 is 27.8. The van der Waals surface area contributed by atoms with Crippen molar-refractivity contribution < 1.29 is 8.78 Å². The van der Waals surface area contributed by atoms with Gasteiger partial charge in [-0.2, -0.15) is 0 Å². The average molecular weight is 375 g/mol. The summed E-state index contributed by atoms with van der Waals surface area (Å²) in [5, 5.41) is 3.54. The van der Waals surface area contributed by atoms with Gasteiger partial charge in [-0.15, -0.1) is 0 Å². The van der Waals surface area contributed by atoms with Crippen molar-refractivity contribution in [1.82, 2.24) is 5.32 Å². The van der Waals surface area contributed by atoms with Crippen LogP contribution in [0.25, 0.3) is 0 Å². The molecule has 2 aromatic rings. The van der Waals surface area contributed by atoms with Crippen LogP contribution in [0.5, 0.6) is 0 Å². The van der Waals surface area contributed by atoms with Gasteiger partial charge in [0.25, 0.3) is 0 Å². The van der Waals surface area contributed by atoms with Crippen LogP contribution in [-0.2, 0) is 12.8 Å². The molecular formula is C16H15BrClF2N. The molecule has 0 aliphatic rings. The lowest BCUT2D eigenvalue weighted by atomic mass is 9.98. The van der Waals surface area contributed by atoms with Gasteiger partial charge < -0.3 is 5.32 Å². The molecule has 0 bridgehead atoms. The predicted molar refractivity (Wildman–Crippen MR) is 85.8 cm³/mol. The number of nitrogens with one attached hydrogen (secondary N) is 1. The average Bonchev–Trinajstić information content (AvgIpc) is 2.46. The maximum Gasteiger partial charge on any atom is 0.137 e. The molecule has 21 heavy (non-hydrogen) atoms. The summed E-state index contributed by atoms with van der Waals surface area (Å²) in [4.78, 5) is 0. The zero-order valence-electron chi connectivity index (χ0n) is 11.5. The van der Waals surface area contributed by atoms with E-state index in [1.165, 1.54) is 12.1 Å². The lowest BCUT2D eigenvalue weighted by Gasteiger charge is -2.18. The van der Waals surface area contributed by atoms with Crippen LogP contribution in [0.2, 0.25) is 5.02 Å². The minimum absolute atomic E-state index is 0.0440. The van der Waals surface area contributed by atoms with E-state index in [0.717, 1.165) is 5.56 Å². The molecule has 0 amide bonds. The van der Waals surface area contributed by atoms with E-state index in [9.17, 15) is 8.78 Å². The van der Waals surface area contributed by atoms with Gasteiger partial charge in [-0.25, -0.2) is 8.78 Å². The van der Waals surface area contributed by atoms with Gasteiger partial charge in [0.1, 0.15) is 11.6 Å². The first-order valence-electron chi connectivity index (χ1n) is 6.56. The standard InChI is InChI=1S/C16H15BrClF2N/c1-21-11(8-10-4-2-7-15(20)16(10)17)9-12-13(18)5-3-6-14(12)19/h2-7,11,21H,8-9H2,1H3. The molecule has 0 spiro atoms. The molecule has 1 unspecified atom stereocenters. The molecule has 1 N–H and O–H groups in total. The van der Waals surface area contributed by atoms with Crippen molar-refractivity contribution in [2.45, 2.75) is 18.9 Å². The molecule has 1 atom stereocenters. The molecule has 0 aromatic heterocycles. The summed E-state index contributed by atoms with van der Waals surface area (Å²) in [5.41, 5.74) is 1.31. The van der Waals surface area contributed by atoms with Crippen LogP contribution in [0, 0.1) is 11.6 Å². The predicted octanol–water partition coefficient (Wildman–Crippen LogP) is 4.75. The van der Waals surface area contributed by atoms with Gasteiger partial charge in [0.15, 0.2) is 0 Å². The Morgan fingerprint density at radius 2 is 1.76 bits per heavy atom. The van der Waals surface area contributed by atoms with E-state index in [1.807, 2.05) is 6.07 Å². The fourth-order valence-electron chi connectivity index (χ4n) is 2.22. The van der Waals surface area contributed by atoms with E-state index in [4.69, 9.17) is 11.6 Å². The summed E-state index contributed by atoms with van der Waals surface area (Å²) >= 11 is 9.30. The van der Waals surface area contributed by atoms with Gasteiger partial charge in [-0.05, 0) is 59.6 Å². The van der Waals surface area contributed by atoms with Crippen molar-refractivity contribution in [2.75, 3.05) is 7.05 Å². The molecule has 0 heterocycles. The Bertz CT molecular complexity index is 613. The third kappa shape index (κ3) is 4.02. The summed E-state index contributed by atoms with van der Waals surface area (Å²) in [6, 6.07) is 9.52. The van der Waals surface area contributed by atoms with Crippen LogP contribution in [0.3, 0.4) is 0 Å². The van der Waals surface area contributed by atoms with Crippen LogP contribution in [0.4, 0.5) is 8.78 Å². The SMILES string of the molecule is CNC(Cc1cccc(F)c1Br)Cc1c(F)cccc1Cl. The van der Waals surface area contributed by atoms with Crippen LogP contribution < -0.4 is 5.32 Å². The molecule has 0 radical (unpaired) electrons. The normalized spacial score (nSPS) is 12.4. The maximum atomic E-state index is 13.8. The number of rotatable bonds is 5. The van der Waals surface area contributed by atoms with Crippen molar-refractivity contribution >= 4 is 27.5 Å². The van der Waals surface area contributed by atoms with Crippen molar-refractivity contribution in [3.05, 3.63) is 68.7 Å². The molecule has 5 heteroatoms. The van der Waals surface area contributed by atoms with Crippen LogP contribution >= 0.6 is 27.5 Å². The van der Waals surface area contributed by atoms with Crippen LogP contribution in [0.1, 0.15) is 11.1 Å². The molecular weight excluding hydrogens is 360 g/mol. The number of hydrogen-bond acceptors (Lipinski definition) is 1. The largest absolute Gasteiger partial charge is 0.316 e. The third-order valence-corrected chi connectivity index (χ3v) is 4.66. The van der Waals surface area contributed by atoms with Crippen LogP contribution in [-0.4, -0.2) is 13.1 Å². The minimum atomic E-state index is -0.318. The first-order valence-corrected chi connectivity index (χ1v) is 7.73. The Morgan fingerprint density at radius 3 is 2.43 bits per heavy atom. The number of likely N-dealkylation sites (N-methyl/N-ethyl adjacent to an activating group) is 1. The van der Waals surface area contributed by atoms with E-state index in [0.29, 0.717) is 27.9 Å². The maximum absolute atomic E-state index is 13.8. The summed E-state index contributed by atoms with van der Waals surface area (Å²) in [7, 11) is 1.80. The molecule has 0 aliphatic carbocycles. The molecule has 2 rings (SSSR count). The highest BCUT2D eigenvalue weighted by Gasteiger charge is 2.16. The Kier molecular flexibility index (Phi) is 5.73. The highest BCUT2D eigenvalue weighted by atomic mass is 79.9. The molecule has 2 aromatic carbocycles. The second kappa shape index (κ2) is 7.34. The highest BCUT2D eigenvalue weighted by Crippen LogP contribution is 2.25. The quantitative estimate of drug-likeness (QED) is 0.796. The Balaban J connectivity index is 2.19. The molecule has 112 valence electrons. The van der Waals surface area contributed by atoms with Gasteiger partial charge >= 0.3 is 0 Å².